The molecule has 0 bridgehead atoms. The summed E-state index contributed by atoms with van der Waals surface area (Å²) in [6.07, 6.45) is 8.84. The summed E-state index contributed by atoms with van der Waals surface area (Å²) >= 11 is 0. The topological polar surface area (TPSA) is 32.3 Å². The summed E-state index contributed by atoms with van der Waals surface area (Å²) < 4.78 is 0. The van der Waals surface area contributed by atoms with Gasteiger partial charge >= 0.3 is 0 Å². The van der Waals surface area contributed by atoms with Crippen molar-refractivity contribution in [2.24, 2.45) is 0 Å². The van der Waals surface area contributed by atoms with Crippen LogP contribution in [0.25, 0.3) is 0 Å². The second kappa shape index (κ2) is 8.94. The molecule has 0 saturated carbocycles. The largest absolute Gasteiger partial charge is 0.369 e. The van der Waals surface area contributed by atoms with E-state index in [1.807, 2.05) is 24.8 Å². The first-order chi connectivity index (χ1) is 10.3. The molecule has 0 radical (unpaired) electrons. The van der Waals surface area contributed by atoms with E-state index >= 15 is 0 Å². The zero-order valence-corrected chi connectivity index (χ0v) is 15.2. The van der Waals surface area contributed by atoms with E-state index in [4.69, 9.17) is 0 Å². The Morgan fingerprint density at radius 2 is 1.17 bits per heavy atom. The van der Waals surface area contributed by atoms with Gasteiger partial charge in [-0.15, -0.1) is 24.8 Å². The molecular weight excluding hydrogens is 331 g/mol. The Morgan fingerprint density at radius 3 is 1.57 bits per heavy atom. The Hall–Kier alpha value is -1.52. The van der Waals surface area contributed by atoms with Crippen molar-refractivity contribution < 1.29 is 0 Å². The van der Waals surface area contributed by atoms with E-state index in [-0.39, 0.29) is 24.8 Å². The van der Waals surface area contributed by atoms with E-state index in [1.54, 1.807) is 0 Å². The molecule has 23 heavy (non-hydrogen) atoms. The Labute approximate surface area is 150 Å². The first kappa shape index (κ1) is 19.5. The van der Waals surface area contributed by atoms with Gasteiger partial charge in [0.15, 0.2) is 0 Å². The molecule has 0 unspecified atom stereocenters. The zero-order valence-electron chi connectivity index (χ0n) is 13.6. The summed E-state index contributed by atoms with van der Waals surface area (Å²) in [7, 11) is 0. The summed E-state index contributed by atoms with van der Waals surface area (Å²) in [5, 5.41) is 0. The van der Waals surface area contributed by atoms with E-state index in [9.17, 15) is 0 Å². The molecule has 0 amide bonds. The van der Waals surface area contributed by atoms with E-state index in [0.717, 1.165) is 26.2 Å². The van der Waals surface area contributed by atoms with Gasteiger partial charge in [-0.25, -0.2) is 0 Å². The number of hydrogen-bond donors (Lipinski definition) is 0. The molecule has 3 rings (SSSR count). The molecule has 1 saturated heterocycles. The van der Waals surface area contributed by atoms with Gasteiger partial charge in [0.1, 0.15) is 0 Å². The molecule has 1 aliphatic heterocycles. The fourth-order valence-electron chi connectivity index (χ4n) is 3.04. The van der Waals surface area contributed by atoms with Crippen LogP contribution in [0.1, 0.15) is 17.5 Å². The average molecular weight is 355 g/mol. The number of nitrogens with zero attached hydrogens (tertiary/aromatic N) is 4. The second-order valence-electron chi connectivity index (χ2n) is 5.65. The van der Waals surface area contributed by atoms with Crippen LogP contribution in [0.5, 0.6) is 0 Å². The lowest BCUT2D eigenvalue weighted by atomic mass is 10.2. The zero-order chi connectivity index (χ0) is 14.7. The highest BCUT2D eigenvalue weighted by molar-refractivity contribution is 5.85. The lowest BCUT2D eigenvalue weighted by Crippen LogP contribution is -2.31. The van der Waals surface area contributed by atoms with Crippen LogP contribution >= 0.6 is 24.8 Å². The fraction of sp³-hybridized carbons (Fsp3) is 0.412. The third kappa shape index (κ3) is 4.49. The summed E-state index contributed by atoms with van der Waals surface area (Å²) in [4.78, 5) is 13.3. The molecule has 2 aromatic rings. The van der Waals surface area contributed by atoms with Gasteiger partial charge in [-0.05, 0) is 43.5 Å². The van der Waals surface area contributed by atoms with Crippen molar-refractivity contribution >= 4 is 36.2 Å². The van der Waals surface area contributed by atoms with E-state index in [1.165, 1.54) is 28.9 Å². The van der Waals surface area contributed by atoms with Crippen LogP contribution in [0.15, 0.2) is 36.9 Å². The summed E-state index contributed by atoms with van der Waals surface area (Å²) in [6, 6.07) is 4.26. The molecule has 0 aliphatic carbocycles. The molecule has 0 N–H and O–H groups in total. The van der Waals surface area contributed by atoms with Gasteiger partial charge in [-0.1, -0.05) is 0 Å². The molecule has 4 nitrogen and oxygen atoms in total. The lowest BCUT2D eigenvalue weighted by molar-refractivity contribution is 0.802. The maximum atomic E-state index is 4.19. The normalized spacial score (nSPS) is 14.5. The van der Waals surface area contributed by atoms with Gasteiger partial charge < -0.3 is 9.80 Å². The third-order valence-electron chi connectivity index (χ3n) is 4.16. The molecule has 126 valence electrons. The Kier molecular flexibility index (Phi) is 7.59. The second-order valence-corrected chi connectivity index (χ2v) is 5.65. The van der Waals surface area contributed by atoms with E-state index in [0.29, 0.717) is 0 Å². The summed E-state index contributed by atoms with van der Waals surface area (Å²) in [5.41, 5.74) is 5.15. The number of aryl methyl sites for hydroxylation is 2. The van der Waals surface area contributed by atoms with Crippen LogP contribution in [0, 0.1) is 13.8 Å². The first-order valence-electron chi connectivity index (χ1n) is 7.57. The number of rotatable bonds is 2. The van der Waals surface area contributed by atoms with Gasteiger partial charge in [0.25, 0.3) is 0 Å². The minimum Gasteiger partial charge on any atom is -0.369 e. The molecule has 2 aromatic heterocycles. The number of pyridine rings is 2. The van der Waals surface area contributed by atoms with Crippen LogP contribution < -0.4 is 9.80 Å². The summed E-state index contributed by atoms with van der Waals surface area (Å²) in [6.45, 7) is 8.58. The van der Waals surface area contributed by atoms with Crippen molar-refractivity contribution in [3.63, 3.8) is 0 Å². The van der Waals surface area contributed by atoms with Crippen molar-refractivity contribution in [2.75, 3.05) is 36.0 Å². The van der Waals surface area contributed by atoms with Gasteiger partial charge in [0.05, 0.1) is 0 Å². The third-order valence-corrected chi connectivity index (χ3v) is 4.16. The van der Waals surface area contributed by atoms with Crippen molar-refractivity contribution in [1.29, 1.82) is 0 Å². The highest BCUT2D eigenvalue weighted by Gasteiger charge is 2.17. The van der Waals surface area contributed by atoms with Crippen LogP contribution in [0.4, 0.5) is 11.4 Å². The van der Waals surface area contributed by atoms with Gasteiger partial charge in [-0.3, -0.25) is 9.97 Å². The SMILES string of the molecule is Cc1cnccc1N1CCCN(c2ccncc2C)CC1.Cl.Cl. The van der Waals surface area contributed by atoms with Crippen molar-refractivity contribution in [3.05, 3.63) is 48.0 Å². The molecule has 1 fully saturated rings. The minimum atomic E-state index is 0. The van der Waals surface area contributed by atoms with E-state index in [2.05, 4.69) is 45.7 Å². The van der Waals surface area contributed by atoms with Gasteiger partial charge in [-0.2, -0.15) is 0 Å². The molecule has 0 atom stereocenters. The fourth-order valence-corrected chi connectivity index (χ4v) is 3.04. The molecule has 0 aromatic carbocycles. The predicted octanol–water partition coefficient (Wildman–Crippen LogP) is 3.65. The molecule has 0 spiro atoms. The van der Waals surface area contributed by atoms with Crippen LogP contribution in [-0.2, 0) is 0 Å². The highest BCUT2D eigenvalue weighted by atomic mass is 35.5. The van der Waals surface area contributed by atoms with Crippen LogP contribution in [0.3, 0.4) is 0 Å². The van der Waals surface area contributed by atoms with Crippen molar-refractivity contribution in [1.82, 2.24) is 9.97 Å². The monoisotopic (exact) mass is 354 g/mol. The van der Waals surface area contributed by atoms with Gasteiger partial charge in [0.2, 0.25) is 0 Å². The molecule has 1 aliphatic rings. The van der Waals surface area contributed by atoms with Crippen molar-refractivity contribution in [2.45, 2.75) is 20.3 Å². The standard InChI is InChI=1S/C17H22N4.2ClH/c1-14-12-18-6-4-16(14)20-8-3-9-21(11-10-20)17-5-7-19-13-15(17)2;;/h4-7,12-13H,3,8-11H2,1-2H3;2*1H. The minimum absolute atomic E-state index is 0. The molecular formula is C17H24Cl2N4. The van der Waals surface area contributed by atoms with Crippen molar-refractivity contribution in [3.8, 4) is 0 Å². The number of halogens is 2. The maximum Gasteiger partial charge on any atom is 0.0427 e. The van der Waals surface area contributed by atoms with Crippen LogP contribution in [-0.4, -0.2) is 36.1 Å². The maximum absolute atomic E-state index is 4.19. The van der Waals surface area contributed by atoms with E-state index < -0.39 is 0 Å². The Morgan fingerprint density at radius 1 is 0.739 bits per heavy atom. The Balaban J connectivity index is 0.00000132. The smallest absolute Gasteiger partial charge is 0.0427 e. The molecule has 6 heteroatoms. The highest BCUT2D eigenvalue weighted by Crippen LogP contribution is 2.23. The predicted molar refractivity (Wildman–Crippen MR) is 101 cm³/mol. The molecule has 3 heterocycles. The Bertz CT molecular complexity index is 568. The number of hydrogen-bond acceptors (Lipinski definition) is 4. The number of aromatic nitrogens is 2. The van der Waals surface area contributed by atoms with Crippen LogP contribution in [0.2, 0.25) is 0 Å². The average Bonchev–Trinajstić information content (AvgIpc) is 2.74. The quantitative estimate of drug-likeness (QED) is 0.823. The first-order valence-corrected chi connectivity index (χ1v) is 7.57. The number of anilines is 2. The lowest BCUT2D eigenvalue weighted by Gasteiger charge is -2.26. The summed E-state index contributed by atoms with van der Waals surface area (Å²) in [5.74, 6) is 0. The van der Waals surface area contributed by atoms with Gasteiger partial charge in [0, 0.05) is 62.3 Å².